The lowest BCUT2D eigenvalue weighted by molar-refractivity contribution is -0.121. The summed E-state index contributed by atoms with van der Waals surface area (Å²) in [6.45, 7) is 8.74. The second-order valence-electron chi connectivity index (χ2n) is 7.91. The number of para-hydroxylation sites is 1. The van der Waals surface area contributed by atoms with Crippen molar-refractivity contribution < 1.29 is 4.79 Å². The summed E-state index contributed by atoms with van der Waals surface area (Å²) < 4.78 is 0. The van der Waals surface area contributed by atoms with Crippen LogP contribution in [0.25, 0.3) is 0 Å². The fraction of sp³-hybridized carbons (Fsp3) is 0.409. The maximum absolute atomic E-state index is 13.1. The molecule has 0 fully saturated rings. The van der Waals surface area contributed by atoms with Crippen LogP contribution in [0, 0.1) is 5.92 Å². The van der Waals surface area contributed by atoms with Crippen molar-refractivity contribution in [3.63, 3.8) is 0 Å². The molecule has 0 saturated carbocycles. The number of benzene rings is 2. The van der Waals surface area contributed by atoms with Crippen LogP contribution < -0.4 is 4.90 Å². The van der Waals surface area contributed by atoms with Crippen LogP contribution in [0.4, 0.5) is 5.69 Å². The van der Waals surface area contributed by atoms with Gasteiger partial charge in [-0.2, -0.15) is 5.11 Å². The number of nitrogens with zero attached hydrogens (tertiary/aromatic N) is 4. The molecule has 5 nitrogen and oxygen atoms in total. The van der Waals surface area contributed by atoms with Gasteiger partial charge in [0.15, 0.2) is 0 Å². The zero-order valence-corrected chi connectivity index (χ0v) is 16.3. The van der Waals surface area contributed by atoms with Gasteiger partial charge in [-0.25, -0.2) is 0 Å². The Morgan fingerprint density at radius 2 is 1.67 bits per heavy atom. The highest BCUT2D eigenvalue weighted by molar-refractivity contribution is 5.95. The molecule has 0 aromatic heterocycles. The molecule has 2 heterocycles. The standard InChI is InChI=1S/C22H26N4O/c1-14(2)22(27)25-13-16-9-5-6-10-17(16)20-21(26(15(3)4)24-23-20)18-11-7-8-12-19(18)25/h5-12,14-15,20-21H,13H2,1-4H3. The summed E-state index contributed by atoms with van der Waals surface area (Å²) >= 11 is 0. The molecule has 0 bridgehead atoms. The third-order valence-corrected chi connectivity index (χ3v) is 5.40. The van der Waals surface area contributed by atoms with Crippen molar-refractivity contribution in [1.82, 2.24) is 5.01 Å². The fourth-order valence-electron chi connectivity index (χ4n) is 4.06. The predicted octanol–water partition coefficient (Wildman–Crippen LogP) is 5.06. The van der Waals surface area contributed by atoms with Crippen molar-refractivity contribution in [3.8, 4) is 0 Å². The van der Waals surface area contributed by atoms with Gasteiger partial charge in [-0.15, -0.1) is 0 Å². The van der Waals surface area contributed by atoms with E-state index in [-0.39, 0.29) is 30.0 Å². The summed E-state index contributed by atoms with van der Waals surface area (Å²) in [4.78, 5) is 15.0. The Labute approximate surface area is 160 Å². The number of hydrogen-bond donors (Lipinski definition) is 0. The average Bonchev–Trinajstić information content (AvgIpc) is 3.09. The van der Waals surface area contributed by atoms with Gasteiger partial charge in [-0.05, 0) is 31.0 Å². The van der Waals surface area contributed by atoms with Gasteiger partial charge >= 0.3 is 0 Å². The number of hydrogen-bond acceptors (Lipinski definition) is 4. The van der Waals surface area contributed by atoms with Gasteiger partial charge in [0.05, 0.1) is 6.54 Å². The van der Waals surface area contributed by atoms with Crippen molar-refractivity contribution in [1.29, 1.82) is 0 Å². The first-order valence-electron chi connectivity index (χ1n) is 9.66. The number of fused-ring (bicyclic) bond motifs is 5. The van der Waals surface area contributed by atoms with Gasteiger partial charge in [0.1, 0.15) is 12.1 Å². The molecule has 0 spiro atoms. The molecule has 27 heavy (non-hydrogen) atoms. The molecule has 2 aromatic carbocycles. The minimum absolute atomic E-state index is 0.00916. The number of carbonyl (C=O) groups excluding carboxylic acids is 1. The molecule has 140 valence electrons. The molecule has 2 aliphatic heterocycles. The average molecular weight is 362 g/mol. The minimum Gasteiger partial charge on any atom is -0.307 e. The molecule has 1 amide bonds. The largest absolute Gasteiger partial charge is 0.307 e. The number of carbonyl (C=O) groups is 1. The van der Waals surface area contributed by atoms with E-state index in [0.29, 0.717) is 6.54 Å². The van der Waals surface area contributed by atoms with E-state index < -0.39 is 0 Å². The molecule has 5 heteroatoms. The summed E-state index contributed by atoms with van der Waals surface area (Å²) in [7, 11) is 0. The first-order valence-corrected chi connectivity index (χ1v) is 9.66. The van der Waals surface area contributed by atoms with Crippen LogP contribution in [0.15, 0.2) is 58.9 Å². The molecule has 0 N–H and O–H groups in total. The third kappa shape index (κ3) is 2.91. The molecule has 4 rings (SSSR count). The van der Waals surface area contributed by atoms with Crippen LogP contribution in [0.1, 0.15) is 56.5 Å². The number of amides is 1. The lowest BCUT2D eigenvalue weighted by Crippen LogP contribution is -2.38. The molecule has 0 radical (unpaired) electrons. The lowest BCUT2D eigenvalue weighted by Gasteiger charge is -2.36. The van der Waals surface area contributed by atoms with E-state index in [1.807, 2.05) is 43.0 Å². The zero-order valence-electron chi connectivity index (χ0n) is 16.3. The SMILES string of the molecule is CC(C)C(=O)N1Cc2ccccc2C2N=NN(C(C)C)C2c2ccccc21. The Hall–Kier alpha value is -2.69. The van der Waals surface area contributed by atoms with Crippen LogP contribution in [0.5, 0.6) is 0 Å². The summed E-state index contributed by atoms with van der Waals surface area (Å²) in [5.74, 6) is 0.0678. The van der Waals surface area contributed by atoms with E-state index in [1.54, 1.807) is 0 Å². The van der Waals surface area contributed by atoms with Crippen LogP contribution in [-0.4, -0.2) is 17.0 Å². The Morgan fingerprint density at radius 1 is 1.00 bits per heavy atom. The monoisotopic (exact) mass is 362 g/mol. The summed E-state index contributed by atoms with van der Waals surface area (Å²) in [6, 6.07) is 16.7. The smallest absolute Gasteiger partial charge is 0.229 e. The van der Waals surface area contributed by atoms with Gasteiger partial charge in [0, 0.05) is 23.2 Å². The highest BCUT2D eigenvalue weighted by atomic mass is 16.2. The maximum atomic E-state index is 13.1. The van der Waals surface area contributed by atoms with E-state index >= 15 is 0 Å². The molecule has 2 aromatic rings. The second-order valence-corrected chi connectivity index (χ2v) is 7.91. The van der Waals surface area contributed by atoms with Crippen LogP contribution in [0.3, 0.4) is 0 Å². The van der Waals surface area contributed by atoms with Crippen molar-refractivity contribution >= 4 is 11.6 Å². The van der Waals surface area contributed by atoms with Gasteiger partial charge < -0.3 is 4.90 Å². The maximum Gasteiger partial charge on any atom is 0.229 e. The Bertz CT molecular complexity index is 889. The van der Waals surface area contributed by atoms with E-state index in [9.17, 15) is 4.79 Å². The first-order chi connectivity index (χ1) is 13.0. The van der Waals surface area contributed by atoms with Crippen molar-refractivity contribution in [2.75, 3.05) is 4.90 Å². The zero-order chi connectivity index (χ0) is 19.1. The normalized spacial score (nSPS) is 21.0. The van der Waals surface area contributed by atoms with E-state index in [4.69, 9.17) is 0 Å². The summed E-state index contributed by atoms with van der Waals surface area (Å²) in [5, 5.41) is 11.2. The molecular formula is C22H26N4O. The van der Waals surface area contributed by atoms with Gasteiger partial charge in [0.2, 0.25) is 5.91 Å². The molecular weight excluding hydrogens is 336 g/mol. The van der Waals surface area contributed by atoms with E-state index in [2.05, 4.69) is 53.5 Å². The van der Waals surface area contributed by atoms with Crippen LogP contribution >= 0.6 is 0 Å². The Kier molecular flexibility index (Phi) is 4.46. The van der Waals surface area contributed by atoms with Crippen molar-refractivity contribution in [3.05, 3.63) is 65.2 Å². The van der Waals surface area contributed by atoms with Gasteiger partial charge in [0.25, 0.3) is 0 Å². The number of rotatable bonds is 2. The van der Waals surface area contributed by atoms with E-state index in [1.165, 1.54) is 0 Å². The fourth-order valence-corrected chi connectivity index (χ4v) is 4.06. The predicted molar refractivity (Wildman–Crippen MR) is 106 cm³/mol. The molecule has 2 aliphatic rings. The molecule has 0 aliphatic carbocycles. The minimum atomic E-state index is -0.0698. The summed E-state index contributed by atoms with van der Waals surface area (Å²) in [5.41, 5.74) is 4.38. The molecule has 2 unspecified atom stereocenters. The molecule has 0 saturated heterocycles. The summed E-state index contributed by atoms with van der Waals surface area (Å²) in [6.07, 6.45) is 0. The Balaban J connectivity index is 1.94. The highest BCUT2D eigenvalue weighted by Gasteiger charge is 2.41. The Morgan fingerprint density at radius 3 is 2.37 bits per heavy atom. The lowest BCUT2D eigenvalue weighted by atomic mass is 9.87. The highest BCUT2D eigenvalue weighted by Crippen LogP contribution is 2.48. The number of anilines is 1. The van der Waals surface area contributed by atoms with Gasteiger partial charge in [-0.1, -0.05) is 61.5 Å². The topological polar surface area (TPSA) is 48.3 Å². The van der Waals surface area contributed by atoms with Crippen LogP contribution in [0.2, 0.25) is 0 Å². The van der Waals surface area contributed by atoms with Crippen LogP contribution in [-0.2, 0) is 11.3 Å². The second kappa shape index (κ2) is 6.80. The third-order valence-electron chi connectivity index (χ3n) is 5.40. The van der Waals surface area contributed by atoms with Crippen molar-refractivity contribution in [2.24, 2.45) is 16.3 Å². The van der Waals surface area contributed by atoms with E-state index in [0.717, 1.165) is 22.4 Å². The van der Waals surface area contributed by atoms with Gasteiger partial charge in [-0.3, -0.25) is 9.80 Å². The van der Waals surface area contributed by atoms with Crippen molar-refractivity contribution in [2.45, 2.75) is 52.4 Å². The molecule has 2 atom stereocenters. The first kappa shape index (κ1) is 17.7. The quantitative estimate of drug-likeness (QED) is 0.749.